The number of esters is 1. The van der Waals surface area contributed by atoms with Crippen molar-refractivity contribution in [3.8, 4) is 33.6 Å². The van der Waals surface area contributed by atoms with Gasteiger partial charge < -0.3 is 28.4 Å². The summed E-state index contributed by atoms with van der Waals surface area (Å²) in [6.07, 6.45) is -0.354. The Labute approximate surface area is 222 Å². The lowest BCUT2D eigenvalue weighted by molar-refractivity contribution is -0.0481. The highest BCUT2D eigenvalue weighted by Gasteiger charge is 2.38. The maximum absolute atomic E-state index is 13.1. The van der Waals surface area contributed by atoms with E-state index >= 15 is 0 Å². The van der Waals surface area contributed by atoms with E-state index in [9.17, 15) is 13.6 Å². The Morgan fingerprint density at radius 1 is 1.21 bits per heavy atom. The second-order valence-corrected chi connectivity index (χ2v) is 10.7. The number of nitrogens with zero attached hydrogens (tertiary/aromatic N) is 1. The van der Waals surface area contributed by atoms with Gasteiger partial charge in [0.05, 0.1) is 13.7 Å². The Bertz CT molecular complexity index is 1370. The number of ether oxygens (including phenoxy) is 6. The second kappa shape index (κ2) is 10.0. The smallest absolute Gasteiger partial charge is 0.388 e. The van der Waals surface area contributed by atoms with Crippen LogP contribution >= 0.6 is 11.5 Å². The largest absolute Gasteiger partial charge is 0.493 e. The lowest BCUT2D eigenvalue weighted by atomic mass is 9.89. The van der Waals surface area contributed by atoms with Gasteiger partial charge in [-0.15, -0.1) is 0 Å². The van der Waals surface area contributed by atoms with Gasteiger partial charge in [0.2, 0.25) is 5.06 Å². The summed E-state index contributed by atoms with van der Waals surface area (Å²) in [6, 6.07) is 9.28. The van der Waals surface area contributed by atoms with E-state index in [2.05, 4.69) is 9.11 Å². The number of aromatic nitrogens is 1. The number of hydrogen-bond acceptors (Lipinski definition) is 9. The van der Waals surface area contributed by atoms with Crippen LogP contribution in [0.1, 0.15) is 66.8 Å². The summed E-state index contributed by atoms with van der Waals surface area (Å²) >= 11 is 0.661. The van der Waals surface area contributed by atoms with Gasteiger partial charge in [0.15, 0.2) is 18.3 Å². The number of methoxy groups -OCH3 is 1. The predicted octanol–water partition coefficient (Wildman–Crippen LogP) is 6.48. The molecule has 2 aromatic carbocycles. The molecule has 2 aliphatic heterocycles. The normalized spacial score (nSPS) is 18.3. The predicted molar refractivity (Wildman–Crippen MR) is 134 cm³/mol. The van der Waals surface area contributed by atoms with Gasteiger partial charge in [-0.2, -0.15) is 13.2 Å². The third-order valence-electron chi connectivity index (χ3n) is 6.25. The lowest BCUT2D eigenvalue weighted by Gasteiger charge is -2.24. The van der Waals surface area contributed by atoms with E-state index in [1.54, 1.807) is 26.8 Å². The number of hydrogen-bond donors (Lipinski definition) is 0. The summed E-state index contributed by atoms with van der Waals surface area (Å²) in [5.41, 5.74) is 2.30. The zero-order valence-corrected chi connectivity index (χ0v) is 22.3. The van der Waals surface area contributed by atoms with Crippen molar-refractivity contribution in [1.29, 1.82) is 0 Å². The number of benzene rings is 2. The molecule has 0 radical (unpaired) electrons. The molecule has 0 fully saturated rings. The number of halogens is 2. The molecule has 0 amide bonds. The highest BCUT2D eigenvalue weighted by atomic mass is 32.1. The summed E-state index contributed by atoms with van der Waals surface area (Å²) < 4.78 is 63.9. The van der Waals surface area contributed by atoms with Crippen LogP contribution in [0.3, 0.4) is 0 Å². The van der Waals surface area contributed by atoms with Crippen LogP contribution in [0.4, 0.5) is 8.78 Å². The molecule has 3 heterocycles. The summed E-state index contributed by atoms with van der Waals surface area (Å²) in [4.78, 5) is 13.1. The Morgan fingerprint density at radius 3 is 2.71 bits per heavy atom. The van der Waals surface area contributed by atoms with Crippen LogP contribution in [0.15, 0.2) is 30.3 Å². The van der Waals surface area contributed by atoms with Gasteiger partial charge in [-0.1, -0.05) is 19.1 Å². The number of carbonyl (C=O) groups excluding carboxylic acids is 1. The standard InChI is InChI=1S/C27H27F2NO7S/c1-13-16-9-14(21-20(24(31)37-27(2,3)4)25(38-30-21)36-26(28)29)10-19(32-5)23(16)35-22(13)15-7-6-8-18-17(15)11-33-12-34-18/h6-10,13,22,26H,11-12H2,1-5H3/t13-,22-/m1/s1. The van der Waals surface area contributed by atoms with Crippen LogP contribution in [0, 0.1) is 0 Å². The van der Waals surface area contributed by atoms with Gasteiger partial charge in [0.1, 0.15) is 28.7 Å². The first-order chi connectivity index (χ1) is 18.1. The maximum atomic E-state index is 13.1. The van der Waals surface area contributed by atoms with Crippen molar-refractivity contribution in [3.05, 3.63) is 52.6 Å². The minimum Gasteiger partial charge on any atom is -0.493 e. The molecule has 3 aromatic rings. The van der Waals surface area contributed by atoms with Crippen LogP contribution in [-0.4, -0.2) is 36.5 Å². The van der Waals surface area contributed by atoms with Crippen molar-refractivity contribution in [2.24, 2.45) is 0 Å². The average molecular weight is 548 g/mol. The van der Waals surface area contributed by atoms with Crippen molar-refractivity contribution in [2.45, 2.75) is 58.5 Å². The van der Waals surface area contributed by atoms with Crippen LogP contribution in [0.2, 0.25) is 0 Å². The number of alkyl halides is 2. The highest BCUT2D eigenvalue weighted by Crippen LogP contribution is 2.53. The van der Waals surface area contributed by atoms with Crippen LogP contribution in [0.5, 0.6) is 22.3 Å². The number of carbonyl (C=O) groups is 1. The van der Waals surface area contributed by atoms with Gasteiger partial charge >= 0.3 is 12.6 Å². The molecule has 1 aromatic heterocycles. The molecule has 0 aliphatic carbocycles. The van der Waals surface area contributed by atoms with E-state index in [1.165, 1.54) is 7.11 Å². The van der Waals surface area contributed by atoms with Crippen LogP contribution in [-0.2, 0) is 16.1 Å². The molecular formula is C27H27F2NO7S. The van der Waals surface area contributed by atoms with E-state index in [0.717, 1.165) is 22.4 Å². The van der Waals surface area contributed by atoms with Gasteiger partial charge in [-0.25, -0.2) is 4.79 Å². The van der Waals surface area contributed by atoms with Crippen LogP contribution < -0.4 is 18.9 Å². The zero-order chi connectivity index (χ0) is 27.2. The fraction of sp³-hybridized carbons (Fsp3) is 0.407. The highest BCUT2D eigenvalue weighted by molar-refractivity contribution is 7.08. The summed E-state index contributed by atoms with van der Waals surface area (Å²) in [7, 11) is 1.51. The second-order valence-electron chi connectivity index (χ2n) is 9.93. The Balaban J connectivity index is 1.58. The summed E-state index contributed by atoms with van der Waals surface area (Å²) in [5, 5.41) is -0.318. The molecule has 0 saturated carbocycles. The zero-order valence-electron chi connectivity index (χ0n) is 21.5. The topological polar surface area (TPSA) is 85.3 Å². The van der Waals surface area contributed by atoms with Crippen molar-refractivity contribution in [1.82, 2.24) is 4.37 Å². The van der Waals surface area contributed by atoms with Crippen molar-refractivity contribution in [2.75, 3.05) is 13.9 Å². The molecular weight excluding hydrogens is 520 g/mol. The van der Waals surface area contributed by atoms with Gasteiger partial charge in [-0.05, 0) is 39.0 Å². The Hall–Kier alpha value is -3.44. The Kier molecular flexibility index (Phi) is 6.91. The van der Waals surface area contributed by atoms with Crippen LogP contribution in [0.25, 0.3) is 11.3 Å². The molecule has 2 aliphatic rings. The fourth-order valence-corrected chi connectivity index (χ4v) is 5.39. The molecule has 8 nitrogen and oxygen atoms in total. The van der Waals surface area contributed by atoms with E-state index in [4.69, 9.17) is 23.7 Å². The van der Waals surface area contributed by atoms with Gasteiger partial charge in [-0.3, -0.25) is 0 Å². The van der Waals surface area contributed by atoms with E-state index in [-0.39, 0.29) is 35.1 Å². The minimum atomic E-state index is -3.13. The van der Waals surface area contributed by atoms with Gasteiger partial charge in [0.25, 0.3) is 0 Å². The molecule has 0 spiro atoms. The SMILES string of the molecule is COc1cc(-c2nsc(OC(F)F)c2C(=O)OC(C)(C)C)cc2c1O[C@@H](c1cccc3c1COCO3)[C@@H]2C. The molecule has 38 heavy (non-hydrogen) atoms. The Morgan fingerprint density at radius 2 is 2.00 bits per heavy atom. The number of fused-ring (bicyclic) bond motifs is 2. The van der Waals surface area contributed by atoms with Crippen molar-refractivity contribution < 1.29 is 42.0 Å². The first-order valence-corrected chi connectivity index (χ1v) is 12.7. The maximum Gasteiger partial charge on any atom is 0.388 e. The lowest BCUT2D eigenvalue weighted by Crippen LogP contribution is -2.24. The fourth-order valence-electron chi connectivity index (χ4n) is 4.63. The monoisotopic (exact) mass is 547 g/mol. The first kappa shape index (κ1) is 26.2. The van der Waals surface area contributed by atoms with E-state index in [1.807, 2.05) is 31.2 Å². The minimum absolute atomic E-state index is 0.132. The van der Waals surface area contributed by atoms with E-state index in [0.29, 0.717) is 35.2 Å². The third-order valence-corrected chi connectivity index (χ3v) is 6.99. The molecule has 202 valence electrons. The quantitative estimate of drug-likeness (QED) is 0.324. The number of rotatable bonds is 6. The molecule has 0 bridgehead atoms. The van der Waals surface area contributed by atoms with E-state index < -0.39 is 18.2 Å². The van der Waals surface area contributed by atoms with Gasteiger partial charge in [0, 0.05) is 39.7 Å². The van der Waals surface area contributed by atoms with Crippen molar-refractivity contribution >= 4 is 17.5 Å². The molecule has 0 unspecified atom stereocenters. The molecule has 2 atom stereocenters. The third kappa shape index (κ3) is 4.88. The first-order valence-electron chi connectivity index (χ1n) is 12.0. The molecule has 11 heteroatoms. The van der Waals surface area contributed by atoms with Crippen molar-refractivity contribution in [3.63, 3.8) is 0 Å². The molecule has 5 rings (SSSR count). The summed E-state index contributed by atoms with van der Waals surface area (Å²) in [6.45, 7) is 4.56. The molecule has 0 saturated heterocycles. The average Bonchev–Trinajstić information content (AvgIpc) is 3.42. The molecule has 0 N–H and O–H groups in total. The summed E-state index contributed by atoms with van der Waals surface area (Å²) in [5.74, 6) is 0.789.